The van der Waals surface area contributed by atoms with Crippen molar-refractivity contribution in [2.75, 3.05) is 0 Å². The molecule has 0 heterocycles. The summed E-state index contributed by atoms with van der Waals surface area (Å²) in [7, 11) is 1.07. The standard InChI is InChI=1S/H4NP2.Ni/c1-3-2;/h2-3H,1H2;/q-1;+1. The molecule has 0 fully saturated rings. The first-order chi connectivity index (χ1) is 1.91. The summed E-state index contributed by atoms with van der Waals surface area (Å²) >= 11 is 4.23. The second kappa shape index (κ2) is 4.31. The molecule has 0 aliphatic rings. The van der Waals surface area contributed by atoms with E-state index < -0.39 is 0 Å². The van der Waals surface area contributed by atoms with Crippen molar-refractivity contribution in [3.05, 3.63) is 0 Å². The molecule has 0 saturated heterocycles. The number of hydrogen-bond donors (Lipinski definition) is 1. The Balaban J connectivity index is 1.97. The van der Waals surface area contributed by atoms with Crippen molar-refractivity contribution in [2.45, 2.75) is 0 Å². The van der Waals surface area contributed by atoms with Crippen molar-refractivity contribution >= 4 is 15.5 Å². The minimum atomic E-state index is 0.502. The molecule has 2 unspecified atom stereocenters. The van der Waals surface area contributed by atoms with Crippen molar-refractivity contribution in [1.82, 2.24) is 0 Å². The van der Waals surface area contributed by atoms with Crippen LogP contribution in [0.4, 0.5) is 0 Å². The van der Waals surface area contributed by atoms with Gasteiger partial charge in [-0.05, 0) is 0 Å². The molecule has 4 heavy (non-hydrogen) atoms. The average molecular weight is 139 g/mol. The summed E-state index contributed by atoms with van der Waals surface area (Å²) in [5.74, 6) is 0. The second-order valence-corrected chi connectivity index (χ2v) is 4.23. The summed E-state index contributed by atoms with van der Waals surface area (Å²) in [5.41, 5.74) is 4.97. The molecule has 0 radical (unpaired) electrons. The van der Waals surface area contributed by atoms with Crippen LogP contribution in [0.2, 0.25) is 0 Å². The Hall–Kier alpha value is 1.31. The van der Waals surface area contributed by atoms with Gasteiger partial charge >= 0.3 is 36.0 Å². The van der Waals surface area contributed by atoms with Gasteiger partial charge < -0.3 is 0 Å². The molecular weight excluding hydrogens is 135 g/mol. The van der Waals surface area contributed by atoms with E-state index in [4.69, 9.17) is 5.50 Å². The van der Waals surface area contributed by atoms with Gasteiger partial charge in [0.1, 0.15) is 0 Å². The van der Waals surface area contributed by atoms with Crippen LogP contribution in [0.1, 0.15) is 0 Å². The van der Waals surface area contributed by atoms with Gasteiger partial charge in [-0.15, -0.1) is 0 Å². The predicted molar refractivity (Wildman–Crippen MR) is 20.8 cm³/mol. The molecule has 0 amide bonds. The van der Waals surface area contributed by atoms with Gasteiger partial charge in [-0.3, -0.25) is 0 Å². The van der Waals surface area contributed by atoms with E-state index in [2.05, 4.69) is 15.0 Å². The maximum atomic E-state index is 4.97. The van der Waals surface area contributed by atoms with Crippen molar-refractivity contribution in [3.63, 3.8) is 0 Å². The Morgan fingerprint density at radius 2 is 2.00 bits per heavy atom. The molecular formula is H4NNiP2. The van der Waals surface area contributed by atoms with E-state index in [1.807, 2.05) is 0 Å². The van der Waals surface area contributed by atoms with Gasteiger partial charge in [0.2, 0.25) is 0 Å². The Kier molecular flexibility index (Phi) is 5.73. The van der Waals surface area contributed by atoms with Gasteiger partial charge in [-0.2, -0.15) is 0 Å². The summed E-state index contributed by atoms with van der Waals surface area (Å²) in [6.45, 7) is 0. The summed E-state index contributed by atoms with van der Waals surface area (Å²) < 4.78 is 0. The molecule has 0 spiro atoms. The zero-order valence-corrected chi connectivity index (χ0v) is 4.88. The van der Waals surface area contributed by atoms with Gasteiger partial charge in [0.15, 0.2) is 0 Å². The van der Waals surface area contributed by atoms with E-state index in [-0.39, 0.29) is 0 Å². The number of rotatable bonds is 1. The molecule has 1 nitrogen and oxygen atoms in total. The Morgan fingerprint density at radius 3 is 2.00 bits per heavy atom. The Bertz CT molecular complexity index is 8.00. The third kappa shape index (κ3) is 3.31. The molecule has 0 bridgehead atoms. The van der Waals surface area contributed by atoms with Crippen molar-refractivity contribution in [1.29, 1.82) is 0 Å². The van der Waals surface area contributed by atoms with Crippen LogP contribution >= 0.6 is 15.5 Å². The van der Waals surface area contributed by atoms with Gasteiger partial charge in [-0.1, -0.05) is 0 Å². The average Bonchev–Trinajstić information content (AvgIpc) is 1.37. The molecule has 0 aliphatic heterocycles. The van der Waals surface area contributed by atoms with E-state index in [1.165, 1.54) is 0 Å². The summed E-state index contributed by atoms with van der Waals surface area (Å²) in [6.07, 6.45) is 0. The Labute approximate surface area is 36.6 Å². The van der Waals surface area contributed by atoms with Crippen molar-refractivity contribution in [2.24, 2.45) is 5.50 Å². The molecule has 0 saturated carbocycles. The van der Waals surface area contributed by atoms with E-state index >= 15 is 0 Å². The quantitative estimate of drug-likeness (QED) is 0.417. The van der Waals surface area contributed by atoms with Crippen molar-refractivity contribution in [3.8, 4) is 0 Å². The van der Waals surface area contributed by atoms with E-state index in [1.54, 1.807) is 0 Å². The Morgan fingerprint density at radius 1 is 1.75 bits per heavy atom. The fraction of sp³-hybridized carbons (Fsp3) is 0. The first-order valence-corrected chi connectivity index (χ1v) is 5.07. The van der Waals surface area contributed by atoms with E-state index in [0.717, 1.165) is 0 Å². The van der Waals surface area contributed by atoms with Crippen LogP contribution in [0, 0.1) is 0 Å². The first-order valence-electron chi connectivity index (χ1n) is 0.697. The molecule has 0 aromatic carbocycles. The third-order valence-corrected chi connectivity index (χ3v) is 1.69. The van der Waals surface area contributed by atoms with Crippen molar-refractivity contribution < 1.29 is 15.0 Å². The molecule has 0 aromatic heterocycles. The monoisotopic (exact) mass is 138 g/mol. The number of nitrogens with two attached hydrogens (primary N) is 1. The van der Waals surface area contributed by atoms with Crippen LogP contribution in [0.15, 0.2) is 0 Å². The summed E-state index contributed by atoms with van der Waals surface area (Å²) in [5, 5.41) is 0. The third-order valence-electron chi connectivity index (χ3n) is 0.0456. The van der Waals surface area contributed by atoms with Crippen LogP contribution < -0.4 is 5.50 Å². The normalized spacial score (nSPS) is 13.8. The van der Waals surface area contributed by atoms with Crippen LogP contribution in [-0.2, 0) is 15.0 Å². The minimum absolute atomic E-state index is 0.502. The van der Waals surface area contributed by atoms with Crippen LogP contribution in [0.25, 0.3) is 0 Å². The molecule has 0 aromatic rings. The fourth-order valence-corrected chi connectivity index (χ4v) is 0. The van der Waals surface area contributed by atoms with Gasteiger partial charge in [0.05, 0.1) is 0 Å². The van der Waals surface area contributed by atoms with Crippen LogP contribution in [-0.4, -0.2) is 0 Å². The predicted octanol–water partition coefficient (Wildman–Crippen LogP) is 0.594. The zero-order chi connectivity index (χ0) is 3.41. The van der Waals surface area contributed by atoms with E-state index in [9.17, 15) is 0 Å². The van der Waals surface area contributed by atoms with Gasteiger partial charge in [0, 0.05) is 0 Å². The molecule has 2 N–H and O–H groups in total. The van der Waals surface area contributed by atoms with Crippen LogP contribution in [0.3, 0.4) is 0 Å². The molecule has 2 atom stereocenters. The summed E-state index contributed by atoms with van der Waals surface area (Å²) in [4.78, 5) is 0. The number of hydrogen-bond acceptors (Lipinski definition) is 1. The molecule has 0 aliphatic carbocycles. The fourth-order valence-electron chi connectivity index (χ4n) is 0. The van der Waals surface area contributed by atoms with Crippen LogP contribution in [0.5, 0.6) is 0 Å². The first kappa shape index (κ1) is 5.31. The second-order valence-electron chi connectivity index (χ2n) is 0.223. The topological polar surface area (TPSA) is 26.0 Å². The summed E-state index contributed by atoms with van der Waals surface area (Å²) in [6, 6.07) is 0. The zero-order valence-electron chi connectivity index (χ0n) is 1.89. The SMILES string of the molecule is NP[PH][Ni]. The van der Waals surface area contributed by atoms with Gasteiger partial charge in [0.25, 0.3) is 0 Å². The van der Waals surface area contributed by atoms with Gasteiger partial charge in [-0.25, -0.2) is 0 Å². The maximum absolute atomic E-state index is 4.97. The molecule has 29 valence electrons. The molecule has 0 rings (SSSR count). The van der Waals surface area contributed by atoms with E-state index in [0.29, 0.717) is 15.5 Å². The molecule has 4 heteroatoms.